The van der Waals surface area contributed by atoms with Crippen LogP contribution in [0.25, 0.3) is 11.1 Å². The molecule has 0 saturated carbocycles. The van der Waals surface area contributed by atoms with Crippen LogP contribution in [0.2, 0.25) is 0 Å². The fourth-order valence-corrected chi connectivity index (χ4v) is 1.91. The molecule has 2 aromatic rings. The average Bonchev–Trinajstić information content (AvgIpc) is 2.37. The van der Waals surface area contributed by atoms with Crippen LogP contribution >= 0.6 is 0 Å². The zero-order valence-electron chi connectivity index (χ0n) is 10.8. The molecule has 2 aromatic carbocycles. The molecule has 2 nitrogen and oxygen atoms in total. The largest absolute Gasteiger partial charge is 0.573 e. The normalized spacial score (nSPS) is 13.1. The van der Waals surface area contributed by atoms with Gasteiger partial charge in [-0.25, -0.2) is 0 Å². The predicted octanol–water partition coefficient (Wildman–Crippen LogP) is 4.27. The van der Waals surface area contributed by atoms with Gasteiger partial charge in [-0.1, -0.05) is 36.4 Å². The monoisotopic (exact) mass is 281 g/mol. The van der Waals surface area contributed by atoms with E-state index >= 15 is 0 Å². The standard InChI is InChI=1S/C15H14F3NO/c1-10(19)11-5-4-6-12(9-11)13-7-2-3-8-14(13)20-15(16,17)18/h2-10H,19H2,1H3. The lowest BCUT2D eigenvalue weighted by Gasteiger charge is -2.14. The quantitative estimate of drug-likeness (QED) is 0.911. The Hall–Kier alpha value is -2.01. The first-order valence-electron chi connectivity index (χ1n) is 6.07. The molecule has 0 aliphatic heterocycles. The van der Waals surface area contributed by atoms with E-state index in [1.165, 1.54) is 12.1 Å². The van der Waals surface area contributed by atoms with Gasteiger partial charge in [-0.3, -0.25) is 0 Å². The molecule has 0 spiro atoms. The molecule has 0 aliphatic rings. The van der Waals surface area contributed by atoms with Crippen molar-refractivity contribution in [2.45, 2.75) is 19.3 Å². The van der Waals surface area contributed by atoms with Crippen molar-refractivity contribution in [1.29, 1.82) is 0 Å². The van der Waals surface area contributed by atoms with Crippen LogP contribution in [0.1, 0.15) is 18.5 Å². The number of alkyl halides is 3. The van der Waals surface area contributed by atoms with Gasteiger partial charge in [0, 0.05) is 11.6 Å². The topological polar surface area (TPSA) is 35.2 Å². The number of halogens is 3. The molecule has 2 N–H and O–H groups in total. The van der Waals surface area contributed by atoms with Crippen molar-refractivity contribution in [2.24, 2.45) is 5.73 Å². The van der Waals surface area contributed by atoms with Gasteiger partial charge in [0.05, 0.1) is 0 Å². The third kappa shape index (κ3) is 3.51. The fraction of sp³-hybridized carbons (Fsp3) is 0.200. The minimum absolute atomic E-state index is 0.189. The predicted molar refractivity (Wildman–Crippen MR) is 71.2 cm³/mol. The van der Waals surface area contributed by atoms with Crippen molar-refractivity contribution in [2.75, 3.05) is 0 Å². The molecule has 0 radical (unpaired) electrons. The van der Waals surface area contributed by atoms with E-state index in [0.717, 1.165) is 5.56 Å². The van der Waals surface area contributed by atoms with Crippen LogP contribution in [0, 0.1) is 0 Å². The Balaban J connectivity index is 2.45. The van der Waals surface area contributed by atoms with Crippen LogP contribution in [0.3, 0.4) is 0 Å². The number of hydrogen-bond acceptors (Lipinski definition) is 2. The van der Waals surface area contributed by atoms with Crippen LogP contribution in [-0.2, 0) is 0 Å². The minimum atomic E-state index is -4.71. The first-order chi connectivity index (χ1) is 9.37. The Morgan fingerprint density at radius 2 is 1.75 bits per heavy atom. The highest BCUT2D eigenvalue weighted by molar-refractivity contribution is 5.71. The van der Waals surface area contributed by atoms with E-state index < -0.39 is 6.36 Å². The number of ether oxygens (including phenoxy) is 1. The van der Waals surface area contributed by atoms with Crippen LogP contribution in [0.5, 0.6) is 5.75 Å². The molecule has 0 fully saturated rings. The maximum absolute atomic E-state index is 12.4. The van der Waals surface area contributed by atoms with Crippen molar-refractivity contribution >= 4 is 0 Å². The van der Waals surface area contributed by atoms with Crippen molar-refractivity contribution < 1.29 is 17.9 Å². The molecule has 0 amide bonds. The fourth-order valence-electron chi connectivity index (χ4n) is 1.91. The number of hydrogen-bond donors (Lipinski definition) is 1. The van der Waals surface area contributed by atoms with Crippen LogP contribution in [0.15, 0.2) is 48.5 Å². The maximum Gasteiger partial charge on any atom is 0.573 e. The summed E-state index contributed by atoms with van der Waals surface area (Å²) in [5, 5.41) is 0. The lowest BCUT2D eigenvalue weighted by Crippen LogP contribution is -2.17. The van der Waals surface area contributed by atoms with E-state index in [2.05, 4.69) is 4.74 Å². The molecule has 1 unspecified atom stereocenters. The van der Waals surface area contributed by atoms with Gasteiger partial charge in [0.2, 0.25) is 0 Å². The second-order valence-corrected chi connectivity index (χ2v) is 4.46. The molecule has 0 bridgehead atoms. The van der Waals surface area contributed by atoms with E-state index in [4.69, 9.17) is 5.73 Å². The molecule has 0 aromatic heterocycles. The summed E-state index contributed by atoms with van der Waals surface area (Å²) in [5.41, 5.74) is 7.66. The average molecular weight is 281 g/mol. The Labute approximate surface area is 115 Å². The van der Waals surface area contributed by atoms with Gasteiger partial charge in [-0.05, 0) is 30.2 Å². The highest BCUT2D eigenvalue weighted by Gasteiger charge is 2.32. The van der Waals surface area contributed by atoms with Crippen molar-refractivity contribution in [3.63, 3.8) is 0 Å². The summed E-state index contributed by atoms with van der Waals surface area (Å²) in [7, 11) is 0. The molecule has 0 aliphatic carbocycles. The maximum atomic E-state index is 12.4. The summed E-state index contributed by atoms with van der Waals surface area (Å²) in [4.78, 5) is 0. The summed E-state index contributed by atoms with van der Waals surface area (Å²) in [6.07, 6.45) is -4.71. The van der Waals surface area contributed by atoms with Crippen LogP contribution < -0.4 is 10.5 Å². The minimum Gasteiger partial charge on any atom is -0.405 e. The third-order valence-corrected chi connectivity index (χ3v) is 2.84. The Morgan fingerprint density at radius 1 is 1.05 bits per heavy atom. The lowest BCUT2D eigenvalue weighted by molar-refractivity contribution is -0.274. The number of benzene rings is 2. The zero-order chi connectivity index (χ0) is 14.8. The second-order valence-electron chi connectivity index (χ2n) is 4.46. The first-order valence-corrected chi connectivity index (χ1v) is 6.07. The number of nitrogens with two attached hydrogens (primary N) is 1. The van der Waals surface area contributed by atoms with E-state index in [9.17, 15) is 13.2 Å². The van der Waals surface area contributed by atoms with E-state index in [-0.39, 0.29) is 11.8 Å². The number of para-hydroxylation sites is 1. The number of rotatable bonds is 3. The van der Waals surface area contributed by atoms with Gasteiger partial charge < -0.3 is 10.5 Å². The molecule has 5 heteroatoms. The summed E-state index contributed by atoms with van der Waals surface area (Å²) < 4.78 is 41.3. The van der Waals surface area contributed by atoms with Crippen LogP contribution in [0.4, 0.5) is 13.2 Å². The molecule has 106 valence electrons. The molecular formula is C15H14F3NO. The van der Waals surface area contributed by atoms with Gasteiger partial charge >= 0.3 is 6.36 Å². The first kappa shape index (κ1) is 14.4. The molecule has 20 heavy (non-hydrogen) atoms. The molecule has 1 atom stereocenters. The molecule has 2 rings (SSSR count). The van der Waals surface area contributed by atoms with Crippen molar-refractivity contribution in [3.8, 4) is 16.9 Å². The summed E-state index contributed by atoms with van der Waals surface area (Å²) in [6.45, 7) is 1.82. The second kappa shape index (κ2) is 5.54. The molecular weight excluding hydrogens is 267 g/mol. The summed E-state index contributed by atoms with van der Waals surface area (Å²) in [6, 6.07) is 12.9. The van der Waals surface area contributed by atoms with Gasteiger partial charge in [0.25, 0.3) is 0 Å². The summed E-state index contributed by atoms with van der Waals surface area (Å²) in [5.74, 6) is -0.221. The Morgan fingerprint density at radius 3 is 2.40 bits per heavy atom. The highest BCUT2D eigenvalue weighted by atomic mass is 19.4. The highest BCUT2D eigenvalue weighted by Crippen LogP contribution is 2.34. The lowest BCUT2D eigenvalue weighted by atomic mass is 10.00. The van der Waals surface area contributed by atoms with Gasteiger partial charge in [0.15, 0.2) is 0 Å². The SMILES string of the molecule is CC(N)c1cccc(-c2ccccc2OC(F)(F)F)c1. The van der Waals surface area contributed by atoms with Crippen LogP contribution in [-0.4, -0.2) is 6.36 Å². The molecule has 0 saturated heterocycles. The Bertz CT molecular complexity index is 594. The van der Waals surface area contributed by atoms with Crippen molar-refractivity contribution in [3.05, 3.63) is 54.1 Å². The zero-order valence-corrected chi connectivity index (χ0v) is 10.8. The van der Waals surface area contributed by atoms with E-state index in [0.29, 0.717) is 11.1 Å². The molecule has 0 heterocycles. The third-order valence-electron chi connectivity index (χ3n) is 2.84. The summed E-state index contributed by atoms with van der Waals surface area (Å²) >= 11 is 0. The van der Waals surface area contributed by atoms with Gasteiger partial charge in [0.1, 0.15) is 5.75 Å². The van der Waals surface area contributed by atoms with Gasteiger partial charge in [-0.15, -0.1) is 13.2 Å². The van der Waals surface area contributed by atoms with Crippen molar-refractivity contribution in [1.82, 2.24) is 0 Å². The van der Waals surface area contributed by atoms with E-state index in [1.54, 1.807) is 30.3 Å². The Kier molecular flexibility index (Phi) is 3.99. The smallest absolute Gasteiger partial charge is 0.405 e. The van der Waals surface area contributed by atoms with E-state index in [1.807, 2.05) is 13.0 Å². The van der Waals surface area contributed by atoms with Gasteiger partial charge in [-0.2, -0.15) is 0 Å².